The van der Waals surface area contributed by atoms with Crippen LogP contribution in [0.5, 0.6) is 0 Å². The number of hydrogen-bond donors (Lipinski definition) is 3. The fourth-order valence-electron chi connectivity index (χ4n) is 1.77. The van der Waals surface area contributed by atoms with Crippen LogP contribution in [0.15, 0.2) is 12.3 Å². The number of aliphatic hydroxyl groups is 1. The first-order valence-corrected chi connectivity index (χ1v) is 6.12. The number of primary amides is 1. The number of aliphatic hydroxyl groups excluding tert-OH is 1. The Balaban J connectivity index is 2.24. The normalized spacial score (nSPS) is 14.7. The second-order valence-electron chi connectivity index (χ2n) is 4.82. The molecule has 18 heavy (non-hydrogen) atoms. The van der Waals surface area contributed by atoms with E-state index in [4.69, 9.17) is 5.73 Å². The standard InChI is InChI=1S/C12H22N4O2/c1-9(11(17)7-12(13)18)4-6-16(2)8-10-3-5-14-15-10/h3,5,9,11,17H,4,6-8H2,1-2H3,(H2,13,18)(H,14,15)/t9-,11+/m1/s1. The lowest BCUT2D eigenvalue weighted by atomic mass is 9.98. The summed E-state index contributed by atoms with van der Waals surface area (Å²) in [5, 5.41) is 16.5. The number of aromatic nitrogens is 2. The smallest absolute Gasteiger partial charge is 0.220 e. The van der Waals surface area contributed by atoms with Gasteiger partial charge in [-0.1, -0.05) is 6.92 Å². The largest absolute Gasteiger partial charge is 0.392 e. The Bertz CT molecular complexity index is 353. The molecule has 6 nitrogen and oxygen atoms in total. The minimum Gasteiger partial charge on any atom is -0.392 e. The van der Waals surface area contributed by atoms with Crippen molar-refractivity contribution in [2.75, 3.05) is 13.6 Å². The van der Waals surface area contributed by atoms with Crippen molar-refractivity contribution in [3.8, 4) is 0 Å². The minimum atomic E-state index is -0.650. The molecule has 6 heteroatoms. The van der Waals surface area contributed by atoms with Gasteiger partial charge in [0.05, 0.1) is 12.5 Å². The van der Waals surface area contributed by atoms with Crippen LogP contribution in [0.1, 0.15) is 25.5 Å². The number of amides is 1. The first-order valence-electron chi connectivity index (χ1n) is 6.12. The second kappa shape index (κ2) is 7.13. The van der Waals surface area contributed by atoms with E-state index in [-0.39, 0.29) is 12.3 Å². The Morgan fingerprint density at radius 1 is 1.67 bits per heavy atom. The summed E-state index contributed by atoms with van der Waals surface area (Å²) >= 11 is 0. The zero-order valence-corrected chi connectivity index (χ0v) is 11.0. The molecule has 0 aliphatic heterocycles. The van der Waals surface area contributed by atoms with Crippen LogP contribution in [0, 0.1) is 5.92 Å². The topological polar surface area (TPSA) is 95.2 Å². The monoisotopic (exact) mass is 254 g/mol. The Kier molecular flexibility index (Phi) is 5.80. The van der Waals surface area contributed by atoms with Crippen LogP contribution in [-0.4, -0.2) is 45.8 Å². The highest BCUT2D eigenvalue weighted by atomic mass is 16.3. The number of hydrogen-bond acceptors (Lipinski definition) is 4. The van der Waals surface area contributed by atoms with Gasteiger partial charge >= 0.3 is 0 Å². The zero-order chi connectivity index (χ0) is 13.5. The van der Waals surface area contributed by atoms with E-state index in [2.05, 4.69) is 15.1 Å². The third-order valence-electron chi connectivity index (χ3n) is 3.03. The summed E-state index contributed by atoms with van der Waals surface area (Å²) in [5.41, 5.74) is 6.12. The summed E-state index contributed by atoms with van der Waals surface area (Å²) in [6, 6.07) is 1.93. The van der Waals surface area contributed by atoms with E-state index >= 15 is 0 Å². The first kappa shape index (κ1) is 14.7. The van der Waals surface area contributed by atoms with E-state index in [9.17, 15) is 9.90 Å². The molecule has 0 aliphatic rings. The predicted octanol–water partition coefficient (Wildman–Crippen LogP) is 0.104. The van der Waals surface area contributed by atoms with Crippen molar-refractivity contribution < 1.29 is 9.90 Å². The molecule has 0 spiro atoms. The number of carbonyl (C=O) groups excluding carboxylic acids is 1. The summed E-state index contributed by atoms with van der Waals surface area (Å²) in [6.45, 7) is 3.56. The third kappa shape index (κ3) is 5.29. The van der Waals surface area contributed by atoms with Gasteiger partial charge in [0.2, 0.25) is 5.91 Å². The maximum Gasteiger partial charge on any atom is 0.220 e. The Labute approximate surface area is 107 Å². The molecule has 0 unspecified atom stereocenters. The van der Waals surface area contributed by atoms with Gasteiger partial charge in [-0.25, -0.2) is 0 Å². The number of nitrogens with zero attached hydrogens (tertiary/aromatic N) is 2. The molecule has 0 fully saturated rings. The van der Waals surface area contributed by atoms with E-state index in [0.717, 1.165) is 25.2 Å². The first-order chi connectivity index (χ1) is 8.49. The lowest BCUT2D eigenvalue weighted by Gasteiger charge is -2.21. The quantitative estimate of drug-likeness (QED) is 0.613. The molecule has 0 aliphatic carbocycles. The molecule has 102 valence electrons. The number of aromatic amines is 1. The van der Waals surface area contributed by atoms with Crippen LogP contribution in [0.25, 0.3) is 0 Å². The van der Waals surface area contributed by atoms with Crippen molar-refractivity contribution in [1.29, 1.82) is 0 Å². The molecular formula is C12H22N4O2. The number of carbonyl (C=O) groups is 1. The molecule has 1 heterocycles. The Morgan fingerprint density at radius 2 is 2.39 bits per heavy atom. The van der Waals surface area contributed by atoms with Crippen LogP contribution in [0.3, 0.4) is 0 Å². The van der Waals surface area contributed by atoms with Gasteiger partial charge in [-0.3, -0.25) is 9.89 Å². The van der Waals surface area contributed by atoms with Crippen molar-refractivity contribution in [1.82, 2.24) is 15.1 Å². The average Bonchev–Trinajstić information content (AvgIpc) is 2.77. The van der Waals surface area contributed by atoms with E-state index in [1.165, 1.54) is 0 Å². The van der Waals surface area contributed by atoms with E-state index in [1.807, 2.05) is 20.0 Å². The average molecular weight is 254 g/mol. The van der Waals surface area contributed by atoms with E-state index in [0.29, 0.717) is 0 Å². The van der Waals surface area contributed by atoms with Gasteiger partial charge in [0.1, 0.15) is 0 Å². The summed E-state index contributed by atoms with van der Waals surface area (Å²) in [4.78, 5) is 12.8. The fourth-order valence-corrected chi connectivity index (χ4v) is 1.77. The molecule has 0 bridgehead atoms. The molecule has 0 saturated heterocycles. The van der Waals surface area contributed by atoms with Crippen LogP contribution < -0.4 is 5.73 Å². The maximum absolute atomic E-state index is 10.7. The van der Waals surface area contributed by atoms with E-state index < -0.39 is 12.0 Å². The van der Waals surface area contributed by atoms with Crippen molar-refractivity contribution >= 4 is 5.91 Å². The number of nitrogens with two attached hydrogens (primary N) is 1. The van der Waals surface area contributed by atoms with Gasteiger partial charge in [0.15, 0.2) is 0 Å². The molecular weight excluding hydrogens is 232 g/mol. The molecule has 4 N–H and O–H groups in total. The highest BCUT2D eigenvalue weighted by molar-refractivity contribution is 5.74. The zero-order valence-electron chi connectivity index (χ0n) is 11.0. The van der Waals surface area contributed by atoms with E-state index in [1.54, 1.807) is 6.20 Å². The van der Waals surface area contributed by atoms with Crippen LogP contribution in [-0.2, 0) is 11.3 Å². The Hall–Kier alpha value is -1.40. The van der Waals surface area contributed by atoms with Gasteiger partial charge in [0.25, 0.3) is 0 Å². The molecule has 0 aromatic carbocycles. The summed E-state index contributed by atoms with van der Waals surface area (Å²) in [7, 11) is 2.01. The van der Waals surface area contributed by atoms with Crippen LogP contribution >= 0.6 is 0 Å². The molecule has 2 atom stereocenters. The van der Waals surface area contributed by atoms with Crippen molar-refractivity contribution in [2.45, 2.75) is 32.4 Å². The highest BCUT2D eigenvalue weighted by Crippen LogP contribution is 2.12. The predicted molar refractivity (Wildman–Crippen MR) is 68.5 cm³/mol. The molecule has 1 aromatic rings. The van der Waals surface area contributed by atoms with Crippen LogP contribution in [0.2, 0.25) is 0 Å². The van der Waals surface area contributed by atoms with Gasteiger partial charge in [-0.15, -0.1) is 0 Å². The lowest BCUT2D eigenvalue weighted by Crippen LogP contribution is -2.28. The third-order valence-corrected chi connectivity index (χ3v) is 3.03. The summed E-state index contributed by atoms with van der Waals surface area (Å²) < 4.78 is 0. The molecule has 1 aromatic heterocycles. The number of nitrogens with one attached hydrogen (secondary N) is 1. The van der Waals surface area contributed by atoms with Gasteiger partial charge in [0, 0.05) is 18.4 Å². The van der Waals surface area contributed by atoms with Crippen molar-refractivity contribution in [2.24, 2.45) is 11.7 Å². The summed E-state index contributed by atoms with van der Waals surface area (Å²) in [5.74, 6) is -0.401. The number of rotatable bonds is 8. The van der Waals surface area contributed by atoms with Gasteiger partial charge < -0.3 is 15.7 Å². The van der Waals surface area contributed by atoms with Crippen molar-refractivity contribution in [3.63, 3.8) is 0 Å². The fraction of sp³-hybridized carbons (Fsp3) is 0.667. The maximum atomic E-state index is 10.7. The lowest BCUT2D eigenvalue weighted by molar-refractivity contribution is -0.120. The second-order valence-corrected chi connectivity index (χ2v) is 4.82. The number of H-pyrrole nitrogens is 1. The molecule has 0 saturated carbocycles. The minimum absolute atomic E-state index is 0.0332. The summed E-state index contributed by atoms with van der Waals surface area (Å²) in [6.07, 6.45) is 1.93. The molecule has 1 amide bonds. The van der Waals surface area contributed by atoms with Gasteiger partial charge in [-0.05, 0) is 32.0 Å². The SMILES string of the molecule is C[C@H](CCN(C)Cc1ccn[nH]1)[C@@H](O)CC(N)=O. The molecule has 1 rings (SSSR count). The highest BCUT2D eigenvalue weighted by Gasteiger charge is 2.17. The van der Waals surface area contributed by atoms with Crippen LogP contribution in [0.4, 0.5) is 0 Å². The Morgan fingerprint density at radius 3 is 2.94 bits per heavy atom. The van der Waals surface area contributed by atoms with Gasteiger partial charge in [-0.2, -0.15) is 5.10 Å². The molecule has 0 radical (unpaired) electrons. The van der Waals surface area contributed by atoms with Crippen molar-refractivity contribution in [3.05, 3.63) is 18.0 Å².